The molecule has 0 saturated carbocycles. The van der Waals surface area contributed by atoms with E-state index in [4.69, 9.17) is 16.3 Å². The summed E-state index contributed by atoms with van der Waals surface area (Å²) in [6, 6.07) is 10.9. The molecule has 0 spiro atoms. The highest BCUT2D eigenvalue weighted by atomic mass is 79.9. The van der Waals surface area contributed by atoms with E-state index in [-0.39, 0.29) is 16.9 Å². The number of ether oxygens (including phenoxy) is 1. The zero-order chi connectivity index (χ0) is 15.4. The summed E-state index contributed by atoms with van der Waals surface area (Å²) in [4.78, 5) is 0. The average Bonchev–Trinajstić information content (AvgIpc) is 2.48. The molecule has 0 radical (unpaired) electrons. The van der Waals surface area contributed by atoms with Crippen LogP contribution in [0.1, 0.15) is 17.2 Å². The van der Waals surface area contributed by atoms with Gasteiger partial charge in [0.1, 0.15) is 11.6 Å². The van der Waals surface area contributed by atoms with Crippen LogP contribution in [0.4, 0.5) is 4.39 Å². The van der Waals surface area contributed by atoms with Gasteiger partial charge in [-0.25, -0.2) is 4.39 Å². The van der Waals surface area contributed by atoms with Gasteiger partial charge in [0.15, 0.2) is 0 Å². The monoisotopic (exact) mass is 371 g/mol. The number of nitrogens with one attached hydrogen (secondary N) is 1. The van der Waals surface area contributed by atoms with Crippen molar-refractivity contribution in [3.8, 4) is 5.75 Å². The first kappa shape index (κ1) is 16.3. The fraction of sp³-hybridized carbons (Fsp3) is 0.250. The predicted molar refractivity (Wildman–Crippen MR) is 87.6 cm³/mol. The second-order valence-electron chi connectivity index (χ2n) is 4.65. The van der Waals surface area contributed by atoms with E-state index >= 15 is 0 Å². The molecule has 5 heteroatoms. The second kappa shape index (κ2) is 7.25. The lowest BCUT2D eigenvalue weighted by atomic mass is 9.98. The molecule has 0 amide bonds. The lowest BCUT2D eigenvalue weighted by Gasteiger charge is -2.18. The molecule has 1 atom stereocenters. The van der Waals surface area contributed by atoms with Crippen LogP contribution in [0.25, 0.3) is 0 Å². The minimum Gasteiger partial charge on any atom is -0.496 e. The fourth-order valence-electron chi connectivity index (χ4n) is 2.21. The Labute approximate surface area is 137 Å². The van der Waals surface area contributed by atoms with Gasteiger partial charge < -0.3 is 10.1 Å². The van der Waals surface area contributed by atoms with Crippen molar-refractivity contribution in [1.29, 1.82) is 0 Å². The molecule has 0 aliphatic heterocycles. The molecule has 0 aromatic heterocycles. The van der Waals surface area contributed by atoms with Crippen LogP contribution in [-0.2, 0) is 6.42 Å². The zero-order valence-corrected chi connectivity index (χ0v) is 14.1. The van der Waals surface area contributed by atoms with E-state index in [2.05, 4.69) is 21.2 Å². The molecule has 0 aliphatic rings. The van der Waals surface area contributed by atoms with Crippen molar-refractivity contribution < 1.29 is 9.13 Å². The van der Waals surface area contributed by atoms with Crippen molar-refractivity contribution in [3.05, 3.63) is 62.8 Å². The SMILES string of the molecule is CNC(Cc1cccc(Cl)c1F)c1ccc(OC)c(Br)c1. The molecule has 0 bridgehead atoms. The van der Waals surface area contributed by atoms with Gasteiger partial charge in [-0.3, -0.25) is 0 Å². The van der Waals surface area contributed by atoms with Crippen LogP contribution < -0.4 is 10.1 Å². The lowest BCUT2D eigenvalue weighted by Crippen LogP contribution is -2.19. The van der Waals surface area contributed by atoms with Crippen LogP contribution in [-0.4, -0.2) is 14.2 Å². The molecule has 2 rings (SSSR count). The molecule has 21 heavy (non-hydrogen) atoms. The molecule has 1 N–H and O–H groups in total. The van der Waals surface area contributed by atoms with Gasteiger partial charge in [0.25, 0.3) is 0 Å². The van der Waals surface area contributed by atoms with E-state index in [0.29, 0.717) is 12.0 Å². The van der Waals surface area contributed by atoms with Crippen LogP contribution >= 0.6 is 27.5 Å². The maximum absolute atomic E-state index is 14.0. The molecule has 0 saturated heterocycles. The third-order valence-corrected chi connectivity index (χ3v) is 4.29. The molecule has 0 heterocycles. The Kier molecular flexibility index (Phi) is 5.62. The minimum atomic E-state index is -0.355. The number of likely N-dealkylation sites (N-methyl/N-ethyl adjacent to an activating group) is 1. The van der Waals surface area contributed by atoms with E-state index in [9.17, 15) is 4.39 Å². The summed E-state index contributed by atoms with van der Waals surface area (Å²) >= 11 is 9.30. The Bertz CT molecular complexity index is 636. The van der Waals surface area contributed by atoms with Crippen LogP contribution in [0.2, 0.25) is 5.02 Å². The van der Waals surface area contributed by atoms with E-state index < -0.39 is 0 Å². The van der Waals surface area contributed by atoms with Gasteiger partial charge in [-0.15, -0.1) is 0 Å². The van der Waals surface area contributed by atoms with E-state index in [1.807, 2.05) is 25.2 Å². The summed E-state index contributed by atoms with van der Waals surface area (Å²) in [6.45, 7) is 0. The largest absolute Gasteiger partial charge is 0.496 e. The number of methoxy groups -OCH3 is 1. The Morgan fingerprint density at radius 3 is 2.71 bits per heavy atom. The predicted octanol–water partition coefficient (Wildman–Crippen LogP) is 4.75. The summed E-state index contributed by atoms with van der Waals surface area (Å²) in [6.07, 6.45) is 0.516. The first-order valence-electron chi connectivity index (χ1n) is 6.50. The van der Waals surface area contributed by atoms with Gasteiger partial charge in [0, 0.05) is 6.04 Å². The molecule has 2 nitrogen and oxygen atoms in total. The summed E-state index contributed by atoms with van der Waals surface area (Å²) in [7, 11) is 3.47. The van der Waals surface area contributed by atoms with Crippen molar-refractivity contribution >= 4 is 27.5 Å². The van der Waals surface area contributed by atoms with Crippen molar-refractivity contribution in [2.24, 2.45) is 0 Å². The fourth-order valence-corrected chi connectivity index (χ4v) is 2.96. The van der Waals surface area contributed by atoms with Gasteiger partial charge in [-0.05, 0) is 58.7 Å². The third-order valence-electron chi connectivity index (χ3n) is 3.38. The topological polar surface area (TPSA) is 21.3 Å². The summed E-state index contributed by atoms with van der Waals surface area (Å²) in [5.41, 5.74) is 1.64. The van der Waals surface area contributed by atoms with Gasteiger partial charge in [0.2, 0.25) is 0 Å². The zero-order valence-electron chi connectivity index (χ0n) is 11.8. The minimum absolute atomic E-state index is 0.0137. The smallest absolute Gasteiger partial charge is 0.145 e. The van der Waals surface area contributed by atoms with E-state index in [0.717, 1.165) is 15.8 Å². The first-order valence-corrected chi connectivity index (χ1v) is 7.67. The molecular formula is C16H16BrClFNO. The van der Waals surface area contributed by atoms with Crippen LogP contribution in [0.5, 0.6) is 5.75 Å². The third kappa shape index (κ3) is 3.76. The van der Waals surface area contributed by atoms with Gasteiger partial charge in [0.05, 0.1) is 16.6 Å². The maximum Gasteiger partial charge on any atom is 0.145 e. The molecular weight excluding hydrogens is 357 g/mol. The summed E-state index contributed by atoms with van der Waals surface area (Å²) in [5.74, 6) is 0.412. The number of halogens is 3. The highest BCUT2D eigenvalue weighted by molar-refractivity contribution is 9.10. The van der Waals surface area contributed by atoms with Gasteiger partial charge in [-0.2, -0.15) is 0 Å². The van der Waals surface area contributed by atoms with Crippen molar-refractivity contribution in [1.82, 2.24) is 5.32 Å². The van der Waals surface area contributed by atoms with Crippen LogP contribution in [0, 0.1) is 5.82 Å². The highest BCUT2D eigenvalue weighted by Gasteiger charge is 2.15. The second-order valence-corrected chi connectivity index (χ2v) is 5.91. The quantitative estimate of drug-likeness (QED) is 0.817. The standard InChI is InChI=1S/C16H16BrClFNO/c1-20-14(9-11-4-3-5-13(18)16(11)19)10-6-7-15(21-2)12(17)8-10/h3-8,14,20H,9H2,1-2H3. The first-order chi connectivity index (χ1) is 10.1. The van der Waals surface area contributed by atoms with E-state index in [1.165, 1.54) is 0 Å². The normalized spacial score (nSPS) is 12.2. The molecule has 0 aliphatic carbocycles. The molecule has 2 aromatic rings. The van der Waals surface area contributed by atoms with E-state index in [1.54, 1.807) is 25.3 Å². The van der Waals surface area contributed by atoms with Gasteiger partial charge in [-0.1, -0.05) is 29.8 Å². The lowest BCUT2D eigenvalue weighted by molar-refractivity contribution is 0.411. The number of hydrogen-bond acceptors (Lipinski definition) is 2. The maximum atomic E-state index is 14.0. The summed E-state index contributed by atoms with van der Waals surface area (Å²) in [5, 5.41) is 3.36. The Hall–Kier alpha value is -1.10. The van der Waals surface area contributed by atoms with Crippen molar-refractivity contribution in [2.45, 2.75) is 12.5 Å². The van der Waals surface area contributed by atoms with Crippen molar-refractivity contribution in [3.63, 3.8) is 0 Å². The van der Waals surface area contributed by atoms with Crippen LogP contribution in [0.15, 0.2) is 40.9 Å². The molecule has 0 fully saturated rings. The number of rotatable bonds is 5. The Balaban J connectivity index is 2.28. The summed E-state index contributed by atoms with van der Waals surface area (Å²) < 4.78 is 20.1. The Morgan fingerprint density at radius 1 is 1.33 bits per heavy atom. The number of benzene rings is 2. The van der Waals surface area contributed by atoms with Crippen LogP contribution in [0.3, 0.4) is 0 Å². The van der Waals surface area contributed by atoms with Crippen molar-refractivity contribution in [2.75, 3.05) is 14.2 Å². The molecule has 1 unspecified atom stereocenters. The molecule has 112 valence electrons. The Morgan fingerprint density at radius 2 is 2.10 bits per heavy atom. The van der Waals surface area contributed by atoms with Gasteiger partial charge >= 0.3 is 0 Å². The highest BCUT2D eigenvalue weighted by Crippen LogP contribution is 2.30. The number of hydrogen-bond donors (Lipinski definition) is 1. The molecule has 2 aromatic carbocycles. The average molecular weight is 373 g/mol.